The molecule has 0 saturated carbocycles. The molecule has 7 heteroatoms. The van der Waals surface area contributed by atoms with Crippen molar-refractivity contribution in [2.75, 3.05) is 0 Å². The summed E-state index contributed by atoms with van der Waals surface area (Å²) in [6.45, 7) is 1.29. The van der Waals surface area contributed by atoms with Gasteiger partial charge in [0, 0.05) is 9.13 Å². The summed E-state index contributed by atoms with van der Waals surface area (Å²) in [5.74, 6) is -0.658. The standard InChI is InChI=1S/C10H7BrF3IO2/c1-5(16)9(11)7-4-6(15)2-3-8(7)17-10(12,13)14/h2-4,9H,1H3. The number of ether oxygens (including phenoxy) is 1. The molecule has 17 heavy (non-hydrogen) atoms. The number of benzene rings is 1. The number of carbonyl (C=O) groups is 1. The average Bonchev–Trinajstić information content (AvgIpc) is 2.17. The van der Waals surface area contributed by atoms with Gasteiger partial charge in [-0.2, -0.15) is 0 Å². The first kappa shape index (κ1) is 14.7. The minimum Gasteiger partial charge on any atom is -0.405 e. The number of alkyl halides is 4. The molecule has 0 aromatic heterocycles. The Balaban J connectivity index is 3.17. The van der Waals surface area contributed by atoms with E-state index in [-0.39, 0.29) is 17.1 Å². The Morgan fingerprint density at radius 3 is 2.53 bits per heavy atom. The molecule has 94 valence electrons. The summed E-state index contributed by atoms with van der Waals surface area (Å²) in [4.78, 5) is 10.4. The number of ketones is 1. The third-order valence-corrected chi connectivity index (χ3v) is 3.64. The van der Waals surface area contributed by atoms with E-state index in [4.69, 9.17) is 0 Å². The fraction of sp³-hybridized carbons (Fsp3) is 0.300. The summed E-state index contributed by atoms with van der Waals surface area (Å²) in [5.41, 5.74) is 0.168. The summed E-state index contributed by atoms with van der Waals surface area (Å²) in [6, 6.07) is 4.15. The second-order valence-electron chi connectivity index (χ2n) is 3.20. The van der Waals surface area contributed by atoms with Gasteiger partial charge in [-0.05, 0) is 47.7 Å². The van der Waals surface area contributed by atoms with Crippen LogP contribution in [-0.2, 0) is 4.79 Å². The first-order chi connectivity index (χ1) is 7.70. The molecule has 1 unspecified atom stereocenters. The summed E-state index contributed by atoms with van der Waals surface area (Å²) in [6.07, 6.45) is -4.77. The van der Waals surface area contributed by atoms with Crippen LogP contribution in [0.3, 0.4) is 0 Å². The molecule has 1 rings (SSSR count). The molecule has 0 bridgehead atoms. The van der Waals surface area contributed by atoms with Crippen molar-refractivity contribution in [3.63, 3.8) is 0 Å². The maximum absolute atomic E-state index is 12.2. The van der Waals surface area contributed by atoms with Crippen molar-refractivity contribution >= 4 is 44.3 Å². The third-order valence-electron chi connectivity index (χ3n) is 1.83. The quantitative estimate of drug-likeness (QED) is 0.538. The molecule has 0 heterocycles. The van der Waals surface area contributed by atoms with Gasteiger partial charge < -0.3 is 4.74 Å². The van der Waals surface area contributed by atoms with E-state index in [2.05, 4.69) is 20.7 Å². The van der Waals surface area contributed by atoms with Gasteiger partial charge in [-0.25, -0.2) is 0 Å². The van der Waals surface area contributed by atoms with E-state index in [1.165, 1.54) is 25.1 Å². The van der Waals surface area contributed by atoms with E-state index in [1.54, 1.807) is 0 Å². The van der Waals surface area contributed by atoms with Gasteiger partial charge >= 0.3 is 6.36 Å². The molecule has 0 aliphatic carbocycles. The van der Waals surface area contributed by atoms with Crippen molar-refractivity contribution in [1.82, 2.24) is 0 Å². The maximum Gasteiger partial charge on any atom is 0.573 e. The molecule has 0 radical (unpaired) electrons. The molecule has 0 aliphatic heterocycles. The van der Waals surface area contributed by atoms with Gasteiger partial charge in [0.15, 0.2) is 0 Å². The van der Waals surface area contributed by atoms with Crippen molar-refractivity contribution in [2.24, 2.45) is 0 Å². The number of carbonyl (C=O) groups excluding carboxylic acids is 1. The van der Waals surface area contributed by atoms with Gasteiger partial charge in [0.1, 0.15) is 16.4 Å². The Kier molecular flexibility index (Phi) is 4.82. The fourth-order valence-electron chi connectivity index (χ4n) is 1.15. The molecule has 0 fully saturated rings. The summed E-state index contributed by atoms with van der Waals surface area (Å²) >= 11 is 4.99. The lowest BCUT2D eigenvalue weighted by molar-refractivity contribution is -0.274. The minimum absolute atomic E-state index is 0.168. The topological polar surface area (TPSA) is 26.3 Å². The van der Waals surface area contributed by atoms with Gasteiger partial charge in [0.2, 0.25) is 0 Å². The molecule has 2 nitrogen and oxygen atoms in total. The van der Waals surface area contributed by atoms with Crippen LogP contribution in [0.4, 0.5) is 13.2 Å². The predicted octanol–water partition coefficient (Wildman–Crippen LogP) is 4.21. The third kappa shape index (κ3) is 4.46. The van der Waals surface area contributed by atoms with Crippen LogP contribution in [0.25, 0.3) is 0 Å². The first-order valence-corrected chi connectivity index (χ1v) is 6.40. The van der Waals surface area contributed by atoms with Crippen molar-refractivity contribution < 1.29 is 22.7 Å². The van der Waals surface area contributed by atoms with Gasteiger partial charge in [-0.15, -0.1) is 13.2 Å². The monoisotopic (exact) mass is 422 g/mol. The summed E-state index contributed by atoms with van der Waals surface area (Å²) < 4.78 is 41.1. The van der Waals surface area contributed by atoms with E-state index in [1.807, 2.05) is 22.6 Å². The van der Waals surface area contributed by atoms with Gasteiger partial charge in [0.05, 0.1) is 0 Å². The highest BCUT2D eigenvalue weighted by atomic mass is 127. The number of hydrogen-bond acceptors (Lipinski definition) is 2. The van der Waals surface area contributed by atoms with Gasteiger partial charge in [-0.3, -0.25) is 4.79 Å². The van der Waals surface area contributed by atoms with Crippen LogP contribution in [0.2, 0.25) is 0 Å². The summed E-state index contributed by atoms with van der Waals surface area (Å²) in [5, 5.41) is 0. The number of hydrogen-bond donors (Lipinski definition) is 0. The lowest BCUT2D eigenvalue weighted by Crippen LogP contribution is -2.19. The SMILES string of the molecule is CC(=O)C(Br)c1cc(I)ccc1OC(F)(F)F. The first-order valence-electron chi connectivity index (χ1n) is 4.40. The Morgan fingerprint density at radius 1 is 1.47 bits per heavy atom. The lowest BCUT2D eigenvalue weighted by Gasteiger charge is -2.15. The van der Waals surface area contributed by atoms with Crippen LogP contribution in [0, 0.1) is 3.57 Å². The Labute approximate surface area is 118 Å². The second-order valence-corrected chi connectivity index (χ2v) is 5.36. The zero-order chi connectivity index (χ0) is 13.2. The Bertz CT molecular complexity index is 434. The Hall–Kier alpha value is -0.310. The van der Waals surface area contributed by atoms with Crippen LogP contribution in [-0.4, -0.2) is 12.1 Å². The number of rotatable bonds is 3. The zero-order valence-electron chi connectivity index (χ0n) is 8.52. The molecule has 0 spiro atoms. The highest BCUT2D eigenvalue weighted by Gasteiger charge is 2.33. The van der Waals surface area contributed by atoms with E-state index in [0.29, 0.717) is 0 Å². The molecule has 1 atom stereocenters. The van der Waals surface area contributed by atoms with Crippen LogP contribution < -0.4 is 4.74 Å². The normalized spacial score (nSPS) is 13.3. The highest BCUT2D eigenvalue weighted by Crippen LogP contribution is 2.35. The zero-order valence-corrected chi connectivity index (χ0v) is 12.3. The summed E-state index contributed by atoms with van der Waals surface area (Å²) in [7, 11) is 0. The average molecular weight is 423 g/mol. The molecular formula is C10H7BrF3IO2. The lowest BCUT2D eigenvalue weighted by atomic mass is 10.1. The van der Waals surface area contributed by atoms with E-state index in [0.717, 1.165) is 3.57 Å². The molecule has 0 aliphatic rings. The van der Waals surface area contributed by atoms with Crippen molar-refractivity contribution in [3.05, 3.63) is 27.3 Å². The largest absolute Gasteiger partial charge is 0.573 e. The van der Waals surface area contributed by atoms with Crippen molar-refractivity contribution in [1.29, 1.82) is 0 Å². The van der Waals surface area contributed by atoms with E-state index < -0.39 is 11.2 Å². The number of Topliss-reactive ketones (excluding diaryl/α,β-unsaturated/α-hetero) is 1. The van der Waals surface area contributed by atoms with E-state index >= 15 is 0 Å². The minimum atomic E-state index is -4.77. The molecule has 1 aromatic carbocycles. The van der Waals surface area contributed by atoms with Crippen molar-refractivity contribution in [3.8, 4) is 5.75 Å². The van der Waals surface area contributed by atoms with Crippen LogP contribution in [0.15, 0.2) is 18.2 Å². The fourth-order valence-corrected chi connectivity index (χ4v) is 2.03. The number of halogens is 5. The molecule has 0 amide bonds. The predicted molar refractivity (Wildman–Crippen MR) is 68.2 cm³/mol. The molecule has 0 saturated heterocycles. The van der Waals surface area contributed by atoms with Crippen LogP contribution >= 0.6 is 38.5 Å². The maximum atomic E-state index is 12.2. The smallest absolute Gasteiger partial charge is 0.405 e. The second kappa shape index (κ2) is 5.55. The van der Waals surface area contributed by atoms with E-state index in [9.17, 15) is 18.0 Å². The Morgan fingerprint density at radius 2 is 2.06 bits per heavy atom. The van der Waals surface area contributed by atoms with Crippen LogP contribution in [0.1, 0.15) is 17.3 Å². The molecular weight excluding hydrogens is 416 g/mol. The van der Waals surface area contributed by atoms with Crippen molar-refractivity contribution in [2.45, 2.75) is 18.1 Å². The van der Waals surface area contributed by atoms with Gasteiger partial charge in [-0.1, -0.05) is 15.9 Å². The highest BCUT2D eigenvalue weighted by molar-refractivity contribution is 14.1. The molecule has 1 aromatic rings. The molecule has 0 N–H and O–H groups in total. The van der Waals surface area contributed by atoms with Gasteiger partial charge in [0.25, 0.3) is 0 Å². The van der Waals surface area contributed by atoms with Crippen LogP contribution in [0.5, 0.6) is 5.75 Å².